The third-order valence-electron chi connectivity index (χ3n) is 5.57. The van der Waals surface area contributed by atoms with Gasteiger partial charge in [0.15, 0.2) is 5.65 Å². The number of amides is 1. The van der Waals surface area contributed by atoms with Crippen molar-refractivity contribution in [2.24, 2.45) is 0 Å². The highest BCUT2D eigenvalue weighted by Crippen LogP contribution is 2.30. The molecule has 5 rings (SSSR count). The van der Waals surface area contributed by atoms with E-state index >= 15 is 0 Å². The van der Waals surface area contributed by atoms with Crippen LogP contribution >= 0.6 is 11.3 Å². The molecule has 3 aromatic rings. The molecule has 0 aromatic carbocycles. The highest BCUT2D eigenvalue weighted by molar-refractivity contribution is 7.14. The van der Waals surface area contributed by atoms with Crippen molar-refractivity contribution < 1.29 is 4.79 Å². The van der Waals surface area contributed by atoms with Crippen molar-refractivity contribution in [1.29, 1.82) is 0 Å². The first-order chi connectivity index (χ1) is 13.3. The van der Waals surface area contributed by atoms with Crippen molar-refractivity contribution in [1.82, 2.24) is 19.5 Å². The minimum Gasteiger partial charge on any atom is -0.339 e. The zero-order valence-electron chi connectivity index (χ0n) is 15.3. The van der Waals surface area contributed by atoms with Crippen LogP contribution in [-0.4, -0.2) is 51.6 Å². The van der Waals surface area contributed by atoms with Gasteiger partial charge in [0.25, 0.3) is 5.91 Å². The lowest BCUT2D eigenvalue weighted by Crippen LogP contribution is -2.35. The van der Waals surface area contributed by atoms with Crippen molar-refractivity contribution in [2.75, 3.05) is 31.1 Å². The third kappa shape index (κ3) is 3.10. The highest BCUT2D eigenvalue weighted by Gasteiger charge is 2.25. The summed E-state index contributed by atoms with van der Waals surface area (Å²) in [7, 11) is 0. The number of aromatic nitrogens is 3. The number of nitrogens with zero attached hydrogens (tertiary/aromatic N) is 5. The van der Waals surface area contributed by atoms with Crippen molar-refractivity contribution in [3.05, 3.63) is 45.8 Å². The molecular weight excluding hydrogens is 358 g/mol. The molecule has 0 N–H and O–H groups in total. The number of fused-ring (bicyclic) bond motifs is 2. The van der Waals surface area contributed by atoms with Crippen LogP contribution < -0.4 is 4.90 Å². The lowest BCUT2D eigenvalue weighted by Gasteiger charge is -2.21. The predicted molar refractivity (Wildman–Crippen MR) is 107 cm³/mol. The van der Waals surface area contributed by atoms with Gasteiger partial charge in [0.1, 0.15) is 0 Å². The summed E-state index contributed by atoms with van der Waals surface area (Å²) in [5.41, 5.74) is 2.26. The first-order valence-electron chi connectivity index (χ1n) is 9.75. The Balaban J connectivity index is 1.32. The minimum absolute atomic E-state index is 0.197. The largest absolute Gasteiger partial charge is 0.339 e. The number of hydrogen-bond donors (Lipinski definition) is 0. The smallest absolute Gasteiger partial charge is 0.263 e. The van der Waals surface area contributed by atoms with E-state index in [2.05, 4.69) is 21.2 Å². The van der Waals surface area contributed by atoms with Crippen LogP contribution in [0.4, 0.5) is 5.95 Å². The molecule has 6 nitrogen and oxygen atoms in total. The maximum absolute atomic E-state index is 13.1. The number of carbonyl (C=O) groups excluding carboxylic acids is 1. The summed E-state index contributed by atoms with van der Waals surface area (Å²) in [6, 6.07) is 8.07. The van der Waals surface area contributed by atoms with Gasteiger partial charge >= 0.3 is 0 Å². The Morgan fingerprint density at radius 3 is 2.85 bits per heavy atom. The Bertz CT molecular complexity index is 954. The van der Waals surface area contributed by atoms with E-state index in [0.29, 0.717) is 0 Å². The van der Waals surface area contributed by atoms with Crippen molar-refractivity contribution in [2.45, 2.75) is 32.1 Å². The van der Waals surface area contributed by atoms with E-state index in [0.717, 1.165) is 61.9 Å². The fourth-order valence-corrected chi connectivity index (χ4v) is 5.34. The fraction of sp³-hybridized carbons (Fsp3) is 0.450. The zero-order chi connectivity index (χ0) is 18.2. The van der Waals surface area contributed by atoms with Gasteiger partial charge in [-0.3, -0.25) is 9.20 Å². The van der Waals surface area contributed by atoms with Crippen molar-refractivity contribution in [3.63, 3.8) is 0 Å². The van der Waals surface area contributed by atoms with Gasteiger partial charge in [-0.25, -0.2) is 0 Å². The number of carbonyl (C=O) groups is 1. The molecule has 0 unspecified atom stereocenters. The van der Waals surface area contributed by atoms with E-state index in [9.17, 15) is 4.79 Å². The average Bonchev–Trinajstić information content (AvgIpc) is 3.25. The second kappa shape index (κ2) is 6.96. The second-order valence-electron chi connectivity index (χ2n) is 7.33. The molecule has 1 aliphatic carbocycles. The molecule has 1 amide bonds. The Labute approximate surface area is 162 Å². The van der Waals surface area contributed by atoms with E-state index in [1.807, 2.05) is 33.7 Å². The molecule has 1 saturated heterocycles. The molecule has 0 spiro atoms. The van der Waals surface area contributed by atoms with E-state index in [4.69, 9.17) is 0 Å². The lowest BCUT2D eigenvalue weighted by molar-refractivity contribution is 0.0771. The second-order valence-corrected chi connectivity index (χ2v) is 8.46. The van der Waals surface area contributed by atoms with Gasteiger partial charge in [-0.15, -0.1) is 21.5 Å². The summed E-state index contributed by atoms with van der Waals surface area (Å²) >= 11 is 1.71. The van der Waals surface area contributed by atoms with Gasteiger partial charge in [-0.1, -0.05) is 6.07 Å². The number of aryl methyl sites for hydroxylation is 2. The minimum atomic E-state index is 0.197. The van der Waals surface area contributed by atoms with Gasteiger partial charge in [0.2, 0.25) is 5.95 Å². The van der Waals surface area contributed by atoms with Crippen molar-refractivity contribution in [3.8, 4) is 0 Å². The molecule has 2 aliphatic rings. The Morgan fingerprint density at radius 1 is 1.00 bits per heavy atom. The van der Waals surface area contributed by atoms with Gasteiger partial charge in [-0.2, -0.15) is 0 Å². The lowest BCUT2D eigenvalue weighted by atomic mass is 9.99. The van der Waals surface area contributed by atoms with E-state index in [-0.39, 0.29) is 5.91 Å². The summed E-state index contributed by atoms with van der Waals surface area (Å²) in [5, 5.41) is 8.63. The van der Waals surface area contributed by atoms with Crippen LogP contribution in [0.25, 0.3) is 5.65 Å². The number of anilines is 1. The van der Waals surface area contributed by atoms with Crippen LogP contribution in [0.3, 0.4) is 0 Å². The Kier molecular flexibility index (Phi) is 4.32. The molecule has 27 heavy (non-hydrogen) atoms. The van der Waals surface area contributed by atoms with E-state index < -0.39 is 0 Å². The fourth-order valence-electron chi connectivity index (χ4n) is 4.12. The number of thiophene rings is 1. The molecule has 7 heteroatoms. The Hall–Kier alpha value is -2.41. The first-order valence-corrected chi connectivity index (χ1v) is 10.6. The maximum Gasteiger partial charge on any atom is 0.263 e. The van der Waals surface area contributed by atoms with Crippen LogP contribution in [-0.2, 0) is 12.8 Å². The molecule has 0 atom stereocenters. The highest BCUT2D eigenvalue weighted by atomic mass is 32.1. The quantitative estimate of drug-likeness (QED) is 0.685. The molecule has 1 fully saturated rings. The summed E-state index contributed by atoms with van der Waals surface area (Å²) < 4.78 is 2.02. The van der Waals surface area contributed by atoms with Gasteiger partial charge in [-0.05, 0) is 55.9 Å². The SMILES string of the molecule is O=C(c1cc2c(s1)CCCC2)N1CCCN(c2nnc3ccccn23)CC1. The van der Waals surface area contributed by atoms with E-state index in [1.165, 1.54) is 23.3 Å². The normalized spacial score (nSPS) is 17.8. The standard InChI is InChI=1S/C20H23N5OS/c26-19(17-14-15-6-1-2-7-16(15)27-17)23-9-5-10-24(13-12-23)20-22-21-18-8-3-4-11-25(18)20/h3-4,8,11,14H,1-2,5-7,9-10,12-13H2. The average molecular weight is 382 g/mol. The number of hydrogen-bond acceptors (Lipinski definition) is 5. The predicted octanol–water partition coefficient (Wildman–Crippen LogP) is 3.02. The molecular formula is C20H23N5OS. The molecule has 0 bridgehead atoms. The third-order valence-corrected chi connectivity index (χ3v) is 6.79. The number of rotatable bonds is 2. The van der Waals surface area contributed by atoms with Gasteiger partial charge in [0, 0.05) is 37.3 Å². The van der Waals surface area contributed by atoms with Crippen LogP contribution in [0.1, 0.15) is 39.4 Å². The van der Waals surface area contributed by atoms with Crippen LogP contribution in [0.15, 0.2) is 30.5 Å². The summed E-state index contributed by atoms with van der Waals surface area (Å²) in [6.07, 6.45) is 7.72. The Morgan fingerprint density at radius 2 is 1.93 bits per heavy atom. The topological polar surface area (TPSA) is 53.7 Å². The molecule has 140 valence electrons. The van der Waals surface area contributed by atoms with Gasteiger partial charge < -0.3 is 9.80 Å². The molecule has 1 aliphatic heterocycles. The summed E-state index contributed by atoms with van der Waals surface area (Å²) in [6.45, 7) is 3.20. The van der Waals surface area contributed by atoms with Gasteiger partial charge in [0.05, 0.1) is 4.88 Å². The van der Waals surface area contributed by atoms with Crippen LogP contribution in [0.5, 0.6) is 0 Å². The summed E-state index contributed by atoms with van der Waals surface area (Å²) in [4.78, 5) is 19.7. The first kappa shape index (κ1) is 16.7. The zero-order valence-corrected chi connectivity index (χ0v) is 16.1. The van der Waals surface area contributed by atoms with Crippen LogP contribution in [0.2, 0.25) is 0 Å². The van der Waals surface area contributed by atoms with Crippen LogP contribution in [0, 0.1) is 0 Å². The monoisotopic (exact) mass is 381 g/mol. The van der Waals surface area contributed by atoms with E-state index in [1.54, 1.807) is 11.3 Å². The molecule has 3 aromatic heterocycles. The maximum atomic E-state index is 13.1. The molecule has 4 heterocycles. The summed E-state index contributed by atoms with van der Waals surface area (Å²) in [5.74, 6) is 1.06. The molecule has 0 saturated carbocycles. The number of pyridine rings is 1. The molecule has 0 radical (unpaired) electrons. The van der Waals surface area contributed by atoms with Crippen molar-refractivity contribution >= 4 is 28.8 Å².